The zero-order valence-corrected chi connectivity index (χ0v) is 8.16. The van der Waals surface area contributed by atoms with E-state index in [2.05, 4.69) is 4.37 Å². The summed E-state index contributed by atoms with van der Waals surface area (Å²) < 4.78 is 9.30. The maximum atomic E-state index is 10.7. The van der Waals surface area contributed by atoms with E-state index in [0.717, 1.165) is 11.5 Å². The van der Waals surface area contributed by atoms with Gasteiger partial charge < -0.3 is 9.84 Å². The first-order valence-corrected chi connectivity index (χ1v) is 5.01. The van der Waals surface area contributed by atoms with Crippen LogP contribution < -0.4 is 4.74 Å². The Kier molecular flexibility index (Phi) is 2.93. The zero-order chi connectivity index (χ0) is 9.14. The highest BCUT2D eigenvalue weighted by atomic mass is 32.2. The number of carboxylic acids is 1. The third-order valence-electron chi connectivity index (χ3n) is 1.22. The SMILES string of the molecule is COc1nsc(SC)c1C(=O)O. The van der Waals surface area contributed by atoms with Crippen molar-refractivity contribution in [3.63, 3.8) is 0 Å². The lowest BCUT2D eigenvalue weighted by Gasteiger charge is -1.96. The topological polar surface area (TPSA) is 59.4 Å². The van der Waals surface area contributed by atoms with Gasteiger partial charge in [0.15, 0.2) is 0 Å². The second kappa shape index (κ2) is 3.77. The van der Waals surface area contributed by atoms with Gasteiger partial charge in [-0.2, -0.15) is 4.37 Å². The van der Waals surface area contributed by atoms with Crippen LogP contribution in [-0.2, 0) is 0 Å². The van der Waals surface area contributed by atoms with Gasteiger partial charge in [0.25, 0.3) is 0 Å². The summed E-state index contributed by atoms with van der Waals surface area (Å²) in [5, 5.41) is 8.77. The monoisotopic (exact) mass is 205 g/mol. The summed E-state index contributed by atoms with van der Waals surface area (Å²) >= 11 is 2.49. The number of methoxy groups -OCH3 is 1. The number of thioether (sulfide) groups is 1. The van der Waals surface area contributed by atoms with Gasteiger partial charge in [0.05, 0.1) is 11.3 Å². The fourth-order valence-electron chi connectivity index (χ4n) is 0.719. The lowest BCUT2D eigenvalue weighted by Crippen LogP contribution is -1.99. The van der Waals surface area contributed by atoms with Gasteiger partial charge in [0.1, 0.15) is 5.56 Å². The van der Waals surface area contributed by atoms with Gasteiger partial charge >= 0.3 is 5.97 Å². The van der Waals surface area contributed by atoms with Crippen LogP contribution in [0.25, 0.3) is 0 Å². The van der Waals surface area contributed by atoms with Gasteiger partial charge in [-0.1, -0.05) is 0 Å². The van der Waals surface area contributed by atoms with Crippen LogP contribution in [0.3, 0.4) is 0 Å². The first kappa shape index (κ1) is 9.34. The normalized spacial score (nSPS) is 9.83. The van der Waals surface area contributed by atoms with Gasteiger partial charge in [-0.3, -0.25) is 0 Å². The van der Waals surface area contributed by atoms with E-state index in [1.165, 1.54) is 18.9 Å². The average Bonchev–Trinajstić information content (AvgIpc) is 2.46. The number of nitrogens with zero attached hydrogens (tertiary/aromatic N) is 1. The molecule has 0 fully saturated rings. The van der Waals surface area contributed by atoms with Crippen molar-refractivity contribution in [1.29, 1.82) is 0 Å². The van der Waals surface area contributed by atoms with Crippen LogP contribution in [0.2, 0.25) is 0 Å². The fraction of sp³-hybridized carbons (Fsp3) is 0.333. The Balaban J connectivity index is 3.16. The molecule has 1 heterocycles. The molecule has 1 rings (SSSR count). The predicted octanol–water partition coefficient (Wildman–Crippen LogP) is 1.57. The van der Waals surface area contributed by atoms with Gasteiger partial charge in [-0.25, -0.2) is 4.79 Å². The van der Waals surface area contributed by atoms with Gasteiger partial charge in [-0.05, 0) is 17.8 Å². The molecule has 0 unspecified atom stereocenters. The highest BCUT2D eigenvalue weighted by Gasteiger charge is 2.20. The Bertz CT molecular complexity index is 275. The highest BCUT2D eigenvalue weighted by molar-refractivity contribution is 8.00. The number of carbonyl (C=O) groups is 1. The maximum absolute atomic E-state index is 10.7. The van der Waals surface area contributed by atoms with Crippen LogP contribution in [0, 0.1) is 0 Å². The van der Waals surface area contributed by atoms with Gasteiger partial charge in [0.2, 0.25) is 5.88 Å². The molecule has 0 saturated carbocycles. The van der Waals surface area contributed by atoms with E-state index >= 15 is 0 Å². The lowest BCUT2D eigenvalue weighted by atomic mass is 10.4. The molecule has 0 amide bonds. The highest BCUT2D eigenvalue weighted by Crippen LogP contribution is 2.32. The second-order valence-electron chi connectivity index (χ2n) is 1.86. The molecule has 0 saturated heterocycles. The van der Waals surface area contributed by atoms with Crippen LogP contribution >= 0.6 is 23.3 Å². The zero-order valence-electron chi connectivity index (χ0n) is 6.53. The third-order valence-corrected chi connectivity index (χ3v) is 3.15. The van der Waals surface area contributed by atoms with E-state index in [4.69, 9.17) is 9.84 Å². The number of aromatic nitrogens is 1. The minimum atomic E-state index is -0.995. The number of ether oxygens (including phenoxy) is 1. The largest absolute Gasteiger partial charge is 0.480 e. The molecule has 1 aromatic heterocycles. The summed E-state index contributed by atoms with van der Waals surface area (Å²) in [6.07, 6.45) is 1.80. The minimum Gasteiger partial charge on any atom is -0.480 e. The molecule has 0 aliphatic heterocycles. The number of rotatable bonds is 3. The molecule has 0 aliphatic rings. The molecule has 0 aromatic carbocycles. The molecule has 0 radical (unpaired) electrons. The molecule has 1 N–H and O–H groups in total. The molecule has 6 heteroatoms. The van der Waals surface area contributed by atoms with Gasteiger partial charge in [0, 0.05) is 0 Å². The lowest BCUT2D eigenvalue weighted by molar-refractivity contribution is 0.0690. The van der Waals surface area contributed by atoms with E-state index in [0.29, 0.717) is 4.21 Å². The molecule has 0 spiro atoms. The Morgan fingerprint density at radius 2 is 2.42 bits per heavy atom. The quantitative estimate of drug-likeness (QED) is 0.759. The van der Waals surface area contributed by atoms with E-state index in [-0.39, 0.29) is 11.4 Å². The van der Waals surface area contributed by atoms with Crippen LogP contribution in [0.4, 0.5) is 0 Å². The standard InChI is InChI=1S/C6H7NO3S2/c1-10-4-3(5(8)9)6(11-2)12-7-4/h1-2H3,(H,8,9). The number of hydrogen-bond acceptors (Lipinski definition) is 5. The van der Waals surface area contributed by atoms with Crippen molar-refractivity contribution < 1.29 is 14.6 Å². The molecule has 12 heavy (non-hydrogen) atoms. The number of hydrogen-bond donors (Lipinski definition) is 1. The number of carboxylic acid groups (broad SMARTS) is 1. The third kappa shape index (κ3) is 1.54. The molecule has 66 valence electrons. The Hall–Kier alpha value is -0.750. The van der Waals surface area contributed by atoms with Crippen molar-refractivity contribution in [3.8, 4) is 5.88 Å². The first-order chi connectivity index (χ1) is 5.70. The molecular formula is C6H7NO3S2. The predicted molar refractivity (Wildman–Crippen MR) is 47.4 cm³/mol. The van der Waals surface area contributed by atoms with E-state index in [1.54, 1.807) is 6.26 Å². The molecule has 0 atom stereocenters. The van der Waals surface area contributed by atoms with Gasteiger partial charge in [-0.15, -0.1) is 11.8 Å². The summed E-state index contributed by atoms with van der Waals surface area (Å²) in [5.74, 6) is -0.804. The summed E-state index contributed by atoms with van der Waals surface area (Å²) in [5.41, 5.74) is 0.162. The Morgan fingerprint density at radius 1 is 1.75 bits per heavy atom. The van der Waals surface area contributed by atoms with Crippen LogP contribution in [-0.4, -0.2) is 28.8 Å². The van der Waals surface area contributed by atoms with Crippen LogP contribution in [0.1, 0.15) is 10.4 Å². The molecule has 0 aliphatic carbocycles. The van der Waals surface area contributed by atoms with Crippen molar-refractivity contribution in [2.75, 3.05) is 13.4 Å². The van der Waals surface area contributed by atoms with Crippen LogP contribution in [0.5, 0.6) is 5.88 Å². The number of aromatic carboxylic acids is 1. The van der Waals surface area contributed by atoms with E-state index < -0.39 is 5.97 Å². The second-order valence-corrected chi connectivity index (χ2v) is 3.71. The average molecular weight is 205 g/mol. The fourth-order valence-corrected chi connectivity index (χ4v) is 2.11. The van der Waals surface area contributed by atoms with E-state index in [1.807, 2.05) is 0 Å². The Labute approximate surface area is 77.7 Å². The minimum absolute atomic E-state index is 0.162. The van der Waals surface area contributed by atoms with Crippen molar-refractivity contribution in [3.05, 3.63) is 5.56 Å². The van der Waals surface area contributed by atoms with E-state index in [9.17, 15) is 4.79 Å². The maximum Gasteiger partial charge on any atom is 0.343 e. The molecular weight excluding hydrogens is 198 g/mol. The summed E-state index contributed by atoms with van der Waals surface area (Å²) in [6.45, 7) is 0. The summed E-state index contributed by atoms with van der Waals surface area (Å²) in [6, 6.07) is 0. The molecule has 1 aromatic rings. The smallest absolute Gasteiger partial charge is 0.343 e. The molecule has 4 nitrogen and oxygen atoms in total. The summed E-state index contributed by atoms with van der Waals surface area (Å²) in [4.78, 5) is 10.7. The first-order valence-electron chi connectivity index (χ1n) is 3.01. The summed E-state index contributed by atoms with van der Waals surface area (Å²) in [7, 11) is 1.41. The van der Waals surface area contributed by atoms with Crippen molar-refractivity contribution in [2.45, 2.75) is 4.21 Å². The van der Waals surface area contributed by atoms with Crippen molar-refractivity contribution in [1.82, 2.24) is 4.37 Å². The van der Waals surface area contributed by atoms with Crippen LogP contribution in [0.15, 0.2) is 4.21 Å². The van der Waals surface area contributed by atoms with Crippen molar-refractivity contribution >= 4 is 29.3 Å². The Morgan fingerprint density at radius 3 is 2.83 bits per heavy atom. The van der Waals surface area contributed by atoms with Crippen molar-refractivity contribution in [2.24, 2.45) is 0 Å². The molecule has 0 bridgehead atoms.